The van der Waals surface area contributed by atoms with Crippen LogP contribution in [0.2, 0.25) is 5.02 Å². The molecule has 0 saturated carbocycles. The summed E-state index contributed by atoms with van der Waals surface area (Å²) in [5.74, 6) is -1.10. The Labute approximate surface area is 170 Å². The van der Waals surface area contributed by atoms with E-state index in [9.17, 15) is 23.4 Å². The molecule has 0 atom stereocenters. The maximum atomic E-state index is 13.5. The van der Waals surface area contributed by atoms with Gasteiger partial charge in [0.25, 0.3) is 10.0 Å². The van der Waals surface area contributed by atoms with Gasteiger partial charge in [0, 0.05) is 35.1 Å². The zero-order valence-electron chi connectivity index (χ0n) is 14.7. The molecule has 2 heterocycles. The molecule has 2 aromatic carbocycles. The summed E-state index contributed by atoms with van der Waals surface area (Å²) in [5, 5.41) is 20.0. The normalized spacial score (nSPS) is 11.6. The fourth-order valence-corrected chi connectivity index (χ4v) is 4.78. The minimum absolute atomic E-state index is 0.0232. The Morgan fingerprint density at radius 2 is 1.59 bits per heavy atom. The lowest BCUT2D eigenvalue weighted by atomic mass is 10.1. The van der Waals surface area contributed by atoms with Crippen molar-refractivity contribution >= 4 is 32.5 Å². The van der Waals surface area contributed by atoms with E-state index in [0.29, 0.717) is 5.56 Å². The fourth-order valence-electron chi connectivity index (χ4n) is 3.05. The van der Waals surface area contributed by atoms with Crippen molar-refractivity contribution in [3.8, 4) is 22.8 Å². The molecule has 4 rings (SSSR count). The molecule has 7 nitrogen and oxygen atoms in total. The molecule has 0 unspecified atom stereocenters. The molecule has 0 amide bonds. The lowest BCUT2D eigenvalue weighted by Crippen LogP contribution is -2.20. The molecule has 146 valence electrons. The summed E-state index contributed by atoms with van der Waals surface area (Å²) in [6.45, 7) is 0. The highest BCUT2D eigenvalue weighted by Crippen LogP contribution is 2.35. The van der Waals surface area contributed by atoms with E-state index in [4.69, 9.17) is 11.6 Å². The largest absolute Gasteiger partial charge is 0.504 e. The lowest BCUT2D eigenvalue weighted by molar-refractivity contribution is 0.404. The van der Waals surface area contributed by atoms with Gasteiger partial charge in [0.05, 0.1) is 21.5 Å². The predicted molar refractivity (Wildman–Crippen MR) is 109 cm³/mol. The molecule has 0 aliphatic rings. The summed E-state index contributed by atoms with van der Waals surface area (Å²) in [5.41, 5.74) is -0.292. The minimum Gasteiger partial charge on any atom is -0.504 e. The number of hydrogen-bond acceptors (Lipinski definition) is 6. The van der Waals surface area contributed by atoms with Gasteiger partial charge in [-0.3, -0.25) is 9.78 Å². The molecular formula is C20H13ClN2O5S. The van der Waals surface area contributed by atoms with Crippen molar-refractivity contribution in [1.29, 1.82) is 0 Å². The first-order valence-electron chi connectivity index (χ1n) is 8.33. The highest BCUT2D eigenvalue weighted by atomic mass is 35.5. The first-order chi connectivity index (χ1) is 13.8. The second-order valence-electron chi connectivity index (χ2n) is 6.18. The molecule has 2 N–H and O–H groups in total. The van der Waals surface area contributed by atoms with Gasteiger partial charge < -0.3 is 10.2 Å². The van der Waals surface area contributed by atoms with Crippen LogP contribution in [0, 0.1) is 0 Å². The van der Waals surface area contributed by atoms with Crippen LogP contribution in [0.3, 0.4) is 0 Å². The third-order valence-electron chi connectivity index (χ3n) is 4.40. The Hall–Kier alpha value is -3.36. The molecule has 0 bridgehead atoms. The second-order valence-corrected chi connectivity index (χ2v) is 8.38. The van der Waals surface area contributed by atoms with E-state index < -0.39 is 27.0 Å². The Bertz CT molecular complexity index is 1420. The number of halogens is 1. The quantitative estimate of drug-likeness (QED) is 0.484. The summed E-state index contributed by atoms with van der Waals surface area (Å²) in [7, 11) is -4.22. The Morgan fingerprint density at radius 3 is 2.28 bits per heavy atom. The number of pyridine rings is 2. The summed E-state index contributed by atoms with van der Waals surface area (Å²) in [6.07, 6.45) is 2.66. The van der Waals surface area contributed by atoms with Crippen molar-refractivity contribution in [3.63, 3.8) is 0 Å². The number of aromatic hydroxyl groups is 2. The first kappa shape index (κ1) is 19.0. The number of phenols is 2. The van der Waals surface area contributed by atoms with Crippen molar-refractivity contribution in [2.75, 3.05) is 0 Å². The van der Waals surface area contributed by atoms with Crippen molar-refractivity contribution in [1.82, 2.24) is 8.96 Å². The number of phenolic OH excluding ortho intramolecular Hbond substituents is 2. The van der Waals surface area contributed by atoms with Gasteiger partial charge in [-0.1, -0.05) is 29.8 Å². The van der Waals surface area contributed by atoms with Crippen LogP contribution < -0.4 is 5.43 Å². The standard InChI is InChI=1S/C20H13ClN2O5S/c21-15-4-2-1-3-13(15)16-10-18(24)14-9-19(25)20(26)11-17(14)23(16)29(27,28)12-5-7-22-8-6-12/h1-11,25-26H. The zero-order valence-corrected chi connectivity index (χ0v) is 16.2. The molecule has 4 aromatic rings. The highest BCUT2D eigenvalue weighted by molar-refractivity contribution is 7.90. The van der Waals surface area contributed by atoms with Gasteiger partial charge in [-0.25, -0.2) is 12.4 Å². The maximum absolute atomic E-state index is 13.5. The van der Waals surface area contributed by atoms with Crippen LogP contribution in [0.1, 0.15) is 0 Å². The SMILES string of the molecule is O=c1cc(-c2ccccc2Cl)n(S(=O)(=O)c2ccncc2)c2cc(O)c(O)cc12. The first-order valence-corrected chi connectivity index (χ1v) is 10.1. The predicted octanol–water partition coefficient (Wildman–Crippen LogP) is 3.37. The van der Waals surface area contributed by atoms with Crippen LogP contribution in [0.5, 0.6) is 11.5 Å². The van der Waals surface area contributed by atoms with Crippen LogP contribution in [0.4, 0.5) is 0 Å². The van der Waals surface area contributed by atoms with E-state index in [2.05, 4.69) is 4.98 Å². The van der Waals surface area contributed by atoms with Gasteiger partial charge in [0.2, 0.25) is 0 Å². The Kier molecular flexibility index (Phi) is 4.52. The van der Waals surface area contributed by atoms with Gasteiger partial charge in [-0.2, -0.15) is 0 Å². The maximum Gasteiger partial charge on any atom is 0.268 e. The van der Waals surface area contributed by atoms with Crippen LogP contribution in [0.25, 0.3) is 22.2 Å². The minimum atomic E-state index is -4.22. The van der Waals surface area contributed by atoms with Crippen molar-refractivity contribution in [2.45, 2.75) is 4.90 Å². The molecule has 9 heteroatoms. The third kappa shape index (κ3) is 3.12. The third-order valence-corrected chi connectivity index (χ3v) is 6.47. The number of aromatic nitrogens is 2. The van der Waals surface area contributed by atoms with Crippen LogP contribution >= 0.6 is 11.6 Å². The molecule has 0 aliphatic carbocycles. The molecule has 0 spiro atoms. The van der Waals surface area contributed by atoms with E-state index in [1.165, 1.54) is 24.5 Å². The van der Waals surface area contributed by atoms with Crippen molar-refractivity contribution < 1.29 is 18.6 Å². The molecule has 2 aromatic heterocycles. The monoisotopic (exact) mass is 428 g/mol. The van der Waals surface area contributed by atoms with Crippen molar-refractivity contribution in [3.05, 3.63) is 82.2 Å². The zero-order chi connectivity index (χ0) is 20.8. The van der Waals surface area contributed by atoms with E-state index >= 15 is 0 Å². The van der Waals surface area contributed by atoms with Gasteiger partial charge in [-0.05, 0) is 24.3 Å². The number of hydrogen-bond donors (Lipinski definition) is 2. The Balaban J connectivity index is 2.23. The summed E-state index contributed by atoms with van der Waals surface area (Å²) in [6, 6.07) is 12.3. The average Bonchev–Trinajstić information content (AvgIpc) is 2.70. The van der Waals surface area contributed by atoms with E-state index in [-0.39, 0.29) is 26.5 Å². The van der Waals surface area contributed by atoms with Gasteiger partial charge in [0.15, 0.2) is 16.9 Å². The van der Waals surface area contributed by atoms with E-state index in [1.807, 2.05) is 0 Å². The molecule has 0 aliphatic heterocycles. The van der Waals surface area contributed by atoms with Gasteiger partial charge in [0.1, 0.15) is 0 Å². The molecule has 29 heavy (non-hydrogen) atoms. The summed E-state index contributed by atoms with van der Waals surface area (Å²) < 4.78 is 27.9. The molecule has 0 radical (unpaired) electrons. The fraction of sp³-hybridized carbons (Fsp3) is 0. The van der Waals surface area contributed by atoms with E-state index in [1.54, 1.807) is 24.3 Å². The average molecular weight is 429 g/mol. The molecule has 0 saturated heterocycles. The topological polar surface area (TPSA) is 109 Å². The van der Waals surface area contributed by atoms with Crippen molar-refractivity contribution in [2.24, 2.45) is 0 Å². The number of fused-ring (bicyclic) bond motifs is 1. The van der Waals surface area contributed by atoms with Gasteiger partial charge >= 0.3 is 0 Å². The Morgan fingerprint density at radius 1 is 0.931 bits per heavy atom. The highest BCUT2D eigenvalue weighted by Gasteiger charge is 2.25. The van der Waals surface area contributed by atoms with Crippen LogP contribution in [-0.2, 0) is 10.0 Å². The second kappa shape index (κ2) is 6.91. The molecule has 0 fully saturated rings. The van der Waals surface area contributed by atoms with Gasteiger partial charge in [-0.15, -0.1) is 0 Å². The smallest absolute Gasteiger partial charge is 0.268 e. The summed E-state index contributed by atoms with van der Waals surface area (Å²) >= 11 is 6.28. The number of nitrogens with zero attached hydrogens (tertiary/aromatic N) is 2. The number of benzene rings is 2. The van der Waals surface area contributed by atoms with Crippen LogP contribution in [-0.4, -0.2) is 27.6 Å². The molecular weight excluding hydrogens is 416 g/mol. The van der Waals surface area contributed by atoms with Crippen LogP contribution in [0.15, 0.2) is 76.7 Å². The number of rotatable bonds is 3. The van der Waals surface area contributed by atoms with E-state index in [0.717, 1.165) is 22.2 Å². The lowest BCUT2D eigenvalue weighted by Gasteiger charge is -2.18. The summed E-state index contributed by atoms with van der Waals surface area (Å²) in [4.78, 5) is 16.5.